The van der Waals surface area contributed by atoms with Crippen molar-refractivity contribution >= 4 is 23.2 Å². The van der Waals surface area contributed by atoms with E-state index in [9.17, 15) is 23.1 Å². The predicted molar refractivity (Wildman–Crippen MR) is 111 cm³/mol. The van der Waals surface area contributed by atoms with Crippen molar-refractivity contribution in [2.75, 3.05) is 16.3 Å². The van der Waals surface area contributed by atoms with E-state index < -0.39 is 17.3 Å². The van der Waals surface area contributed by atoms with Crippen LogP contribution in [0.25, 0.3) is 0 Å². The minimum absolute atomic E-state index is 0.0606. The van der Waals surface area contributed by atoms with Crippen molar-refractivity contribution in [2.45, 2.75) is 32.2 Å². The van der Waals surface area contributed by atoms with Crippen LogP contribution in [-0.2, 0) is 23.1 Å². The van der Waals surface area contributed by atoms with E-state index in [2.05, 4.69) is 15.0 Å². The van der Waals surface area contributed by atoms with E-state index in [0.29, 0.717) is 22.8 Å². The lowest BCUT2D eigenvalue weighted by Crippen LogP contribution is -2.44. The molecule has 2 aromatic heterocycles. The summed E-state index contributed by atoms with van der Waals surface area (Å²) in [7, 11) is 0. The van der Waals surface area contributed by atoms with Crippen LogP contribution < -0.4 is 9.80 Å². The van der Waals surface area contributed by atoms with Gasteiger partial charge in [0.25, 0.3) is 5.91 Å². The second-order valence-corrected chi connectivity index (χ2v) is 7.95. The number of alkyl halides is 3. The minimum Gasteiger partial charge on any atom is -0.384 e. The van der Waals surface area contributed by atoms with E-state index in [0.717, 1.165) is 12.1 Å². The number of carbonyl (C=O) groups is 1. The van der Waals surface area contributed by atoms with Crippen LogP contribution in [0.2, 0.25) is 0 Å². The third kappa shape index (κ3) is 4.26. The van der Waals surface area contributed by atoms with Gasteiger partial charge in [-0.1, -0.05) is 12.1 Å². The van der Waals surface area contributed by atoms with Gasteiger partial charge in [0.05, 0.1) is 29.7 Å². The molecule has 0 aliphatic carbocycles. The maximum absolute atomic E-state index is 13.1. The van der Waals surface area contributed by atoms with Gasteiger partial charge in [-0.3, -0.25) is 14.7 Å². The molecule has 7 nitrogen and oxygen atoms in total. The summed E-state index contributed by atoms with van der Waals surface area (Å²) < 4.78 is 39.2. The van der Waals surface area contributed by atoms with Crippen LogP contribution >= 0.6 is 0 Å². The number of rotatable bonds is 4. The van der Waals surface area contributed by atoms with Gasteiger partial charge in [-0.25, -0.2) is 9.97 Å². The molecule has 3 aromatic rings. The molecule has 166 valence electrons. The molecule has 0 atom stereocenters. The Morgan fingerprint density at radius 3 is 2.38 bits per heavy atom. The van der Waals surface area contributed by atoms with Gasteiger partial charge in [0.15, 0.2) is 11.6 Å². The fourth-order valence-corrected chi connectivity index (χ4v) is 3.47. The summed E-state index contributed by atoms with van der Waals surface area (Å²) in [4.78, 5) is 28.8. The standard InChI is InChI=1S/C22H20F3N5O2/c1-21(2,32)17-7-6-16(11-28-17)30-18(31)13-29(19-20(30)27-9-8-26-19)12-14-4-3-5-15(10-14)22(23,24)25/h3-11,32H,12-13H2,1-2H3. The van der Waals surface area contributed by atoms with Crippen molar-refractivity contribution in [1.29, 1.82) is 0 Å². The van der Waals surface area contributed by atoms with E-state index in [4.69, 9.17) is 0 Å². The Morgan fingerprint density at radius 1 is 1.03 bits per heavy atom. The first-order chi connectivity index (χ1) is 15.0. The second kappa shape index (κ2) is 7.86. The van der Waals surface area contributed by atoms with E-state index in [-0.39, 0.29) is 24.8 Å². The number of carbonyl (C=O) groups excluding carboxylic acids is 1. The molecule has 4 rings (SSSR count). The summed E-state index contributed by atoms with van der Waals surface area (Å²) in [5.41, 5.74) is -0.602. The number of hydrogen-bond donors (Lipinski definition) is 1. The summed E-state index contributed by atoms with van der Waals surface area (Å²) in [5, 5.41) is 10.1. The van der Waals surface area contributed by atoms with Crippen LogP contribution in [0, 0.1) is 0 Å². The number of nitrogens with zero attached hydrogens (tertiary/aromatic N) is 5. The first-order valence-electron chi connectivity index (χ1n) is 9.78. The molecule has 1 aromatic carbocycles. The molecule has 0 spiro atoms. The number of fused-ring (bicyclic) bond motifs is 1. The predicted octanol–water partition coefficient (Wildman–Crippen LogP) is 3.80. The molecule has 1 N–H and O–H groups in total. The van der Waals surface area contributed by atoms with Gasteiger partial charge < -0.3 is 10.0 Å². The van der Waals surface area contributed by atoms with Crippen LogP contribution in [0.4, 0.5) is 30.5 Å². The zero-order chi connectivity index (χ0) is 23.1. The zero-order valence-electron chi connectivity index (χ0n) is 17.3. The lowest BCUT2D eigenvalue weighted by atomic mass is 10.0. The average Bonchev–Trinajstić information content (AvgIpc) is 2.73. The Kier molecular flexibility index (Phi) is 5.33. The molecule has 0 unspecified atom stereocenters. The van der Waals surface area contributed by atoms with Gasteiger partial charge in [0.1, 0.15) is 5.60 Å². The van der Waals surface area contributed by atoms with E-state index in [1.165, 1.54) is 29.6 Å². The van der Waals surface area contributed by atoms with Crippen molar-refractivity contribution in [2.24, 2.45) is 0 Å². The Bertz CT molecular complexity index is 1140. The Hall–Kier alpha value is -3.53. The quantitative estimate of drug-likeness (QED) is 0.661. The summed E-state index contributed by atoms with van der Waals surface area (Å²) in [6, 6.07) is 8.24. The average molecular weight is 443 g/mol. The van der Waals surface area contributed by atoms with E-state index in [1.807, 2.05) is 0 Å². The van der Waals surface area contributed by atoms with Crippen LogP contribution in [0.5, 0.6) is 0 Å². The lowest BCUT2D eigenvalue weighted by molar-refractivity contribution is -0.137. The lowest BCUT2D eigenvalue weighted by Gasteiger charge is -2.35. The maximum atomic E-state index is 13.1. The summed E-state index contributed by atoms with van der Waals surface area (Å²) >= 11 is 0. The normalized spacial score (nSPS) is 14.5. The molecule has 0 bridgehead atoms. The van der Waals surface area contributed by atoms with Gasteiger partial charge in [0.2, 0.25) is 0 Å². The van der Waals surface area contributed by atoms with Crippen molar-refractivity contribution in [3.8, 4) is 0 Å². The first kappa shape index (κ1) is 21.7. The van der Waals surface area contributed by atoms with Gasteiger partial charge in [0, 0.05) is 18.9 Å². The monoisotopic (exact) mass is 443 g/mol. The zero-order valence-corrected chi connectivity index (χ0v) is 17.3. The molecule has 0 fully saturated rings. The molecule has 0 radical (unpaired) electrons. The molecule has 1 aliphatic heterocycles. The fourth-order valence-electron chi connectivity index (χ4n) is 3.47. The highest BCUT2D eigenvalue weighted by molar-refractivity contribution is 6.06. The smallest absolute Gasteiger partial charge is 0.384 e. The Labute approximate surface area is 182 Å². The SMILES string of the molecule is CC(C)(O)c1ccc(N2C(=O)CN(Cc3cccc(C(F)(F)F)c3)c3nccnc32)cn1. The third-order valence-electron chi connectivity index (χ3n) is 5.01. The molecular weight excluding hydrogens is 423 g/mol. The largest absolute Gasteiger partial charge is 0.416 e. The Balaban J connectivity index is 1.67. The highest BCUT2D eigenvalue weighted by Gasteiger charge is 2.34. The summed E-state index contributed by atoms with van der Waals surface area (Å²) in [6.45, 7) is 3.17. The van der Waals surface area contributed by atoms with Crippen molar-refractivity contribution < 1.29 is 23.1 Å². The molecule has 0 saturated carbocycles. The molecule has 3 heterocycles. The van der Waals surface area contributed by atoms with Crippen LogP contribution in [0.1, 0.15) is 30.7 Å². The fraction of sp³-hybridized carbons (Fsp3) is 0.273. The molecular formula is C22H20F3N5O2. The number of amides is 1. The number of hydrogen-bond acceptors (Lipinski definition) is 6. The number of aromatic nitrogens is 3. The summed E-state index contributed by atoms with van der Waals surface area (Å²) in [5.74, 6) is 0.299. The van der Waals surface area contributed by atoms with Gasteiger partial charge >= 0.3 is 6.18 Å². The van der Waals surface area contributed by atoms with E-state index in [1.54, 1.807) is 36.9 Å². The first-order valence-corrected chi connectivity index (χ1v) is 9.78. The van der Waals surface area contributed by atoms with Crippen molar-refractivity contribution in [1.82, 2.24) is 15.0 Å². The molecule has 10 heteroatoms. The maximum Gasteiger partial charge on any atom is 0.416 e. The number of anilines is 3. The second-order valence-electron chi connectivity index (χ2n) is 7.95. The number of aliphatic hydroxyl groups is 1. The molecule has 1 amide bonds. The van der Waals surface area contributed by atoms with Crippen LogP contribution in [0.3, 0.4) is 0 Å². The molecule has 1 aliphatic rings. The molecule has 32 heavy (non-hydrogen) atoms. The number of pyridine rings is 1. The van der Waals surface area contributed by atoms with E-state index >= 15 is 0 Å². The highest BCUT2D eigenvalue weighted by Crippen LogP contribution is 2.36. The Morgan fingerprint density at radius 2 is 1.75 bits per heavy atom. The number of benzene rings is 1. The van der Waals surface area contributed by atoms with Crippen LogP contribution in [-0.4, -0.2) is 32.5 Å². The third-order valence-corrected chi connectivity index (χ3v) is 5.01. The van der Waals surface area contributed by atoms with Crippen molar-refractivity contribution in [3.63, 3.8) is 0 Å². The molecule has 0 saturated heterocycles. The summed E-state index contributed by atoms with van der Waals surface area (Å²) in [6.07, 6.45) is -0.0935. The number of halogens is 3. The highest BCUT2D eigenvalue weighted by atomic mass is 19.4. The van der Waals surface area contributed by atoms with Crippen molar-refractivity contribution in [3.05, 3.63) is 71.8 Å². The minimum atomic E-state index is -4.45. The van der Waals surface area contributed by atoms with Gasteiger partial charge in [-0.05, 0) is 43.7 Å². The van der Waals surface area contributed by atoms with Gasteiger partial charge in [-0.15, -0.1) is 0 Å². The topological polar surface area (TPSA) is 82.5 Å². The van der Waals surface area contributed by atoms with Gasteiger partial charge in [-0.2, -0.15) is 13.2 Å². The van der Waals surface area contributed by atoms with Crippen LogP contribution in [0.15, 0.2) is 55.0 Å².